The molecule has 0 saturated carbocycles. The van der Waals surface area contributed by atoms with Gasteiger partial charge in [0.15, 0.2) is 0 Å². The fourth-order valence-corrected chi connectivity index (χ4v) is 4.55. The number of nitrogens with one attached hydrogen (secondary N) is 2. The molecule has 0 spiro atoms. The van der Waals surface area contributed by atoms with Crippen molar-refractivity contribution in [3.63, 3.8) is 0 Å². The summed E-state index contributed by atoms with van der Waals surface area (Å²) >= 11 is 1.67. The molecule has 1 atom stereocenters. The SMILES string of the molecule is CCc1cccc2c(C(CC(=O)NCCc3ccccn3)c3ccsc3)c[nH]c12. The highest BCUT2D eigenvalue weighted by Gasteiger charge is 2.22. The molecule has 4 rings (SSSR count). The van der Waals surface area contributed by atoms with Gasteiger partial charge in [0.25, 0.3) is 0 Å². The van der Waals surface area contributed by atoms with Gasteiger partial charge in [0, 0.05) is 54.3 Å². The summed E-state index contributed by atoms with van der Waals surface area (Å²) in [6.07, 6.45) is 6.01. The van der Waals surface area contributed by atoms with Gasteiger partial charge in [-0.25, -0.2) is 0 Å². The number of benzene rings is 1. The van der Waals surface area contributed by atoms with Crippen LogP contribution < -0.4 is 5.32 Å². The molecular formula is C24H25N3OS. The van der Waals surface area contributed by atoms with E-state index in [0.717, 1.165) is 18.5 Å². The van der Waals surface area contributed by atoms with Gasteiger partial charge in [0.1, 0.15) is 0 Å². The predicted octanol–water partition coefficient (Wildman–Crippen LogP) is 5.07. The summed E-state index contributed by atoms with van der Waals surface area (Å²) < 4.78 is 0. The number of hydrogen-bond acceptors (Lipinski definition) is 3. The summed E-state index contributed by atoms with van der Waals surface area (Å²) in [6.45, 7) is 2.76. The van der Waals surface area contributed by atoms with E-state index in [1.807, 2.05) is 18.2 Å². The third-order valence-corrected chi connectivity index (χ3v) is 6.06. The standard InChI is InChI=1S/C24H25N3OS/c1-2-17-6-5-8-20-22(15-27-24(17)20)21(18-10-13-29-16-18)14-23(28)26-12-9-19-7-3-4-11-25-19/h3-8,10-11,13,15-16,21,27H,2,9,12,14H2,1H3,(H,26,28). The number of para-hydroxylation sites is 1. The first-order valence-corrected chi connectivity index (χ1v) is 11.0. The van der Waals surface area contributed by atoms with Crippen LogP contribution in [0.5, 0.6) is 0 Å². The first-order chi connectivity index (χ1) is 14.3. The van der Waals surface area contributed by atoms with Crippen LogP contribution in [0.25, 0.3) is 10.9 Å². The van der Waals surface area contributed by atoms with Gasteiger partial charge in [-0.1, -0.05) is 31.2 Å². The first-order valence-electron chi connectivity index (χ1n) is 10.0. The quantitative estimate of drug-likeness (QED) is 0.432. The van der Waals surface area contributed by atoms with E-state index in [4.69, 9.17) is 0 Å². The van der Waals surface area contributed by atoms with Crippen LogP contribution in [0.3, 0.4) is 0 Å². The summed E-state index contributed by atoms with van der Waals surface area (Å²) in [4.78, 5) is 20.5. The molecule has 0 aliphatic carbocycles. The molecule has 0 fully saturated rings. The third-order valence-electron chi connectivity index (χ3n) is 5.35. The van der Waals surface area contributed by atoms with Gasteiger partial charge in [-0.15, -0.1) is 0 Å². The maximum absolute atomic E-state index is 12.8. The Kier molecular flexibility index (Phi) is 6.06. The molecule has 4 nitrogen and oxygen atoms in total. The molecule has 0 aliphatic heterocycles. The van der Waals surface area contributed by atoms with E-state index in [1.165, 1.54) is 27.6 Å². The number of pyridine rings is 1. The highest BCUT2D eigenvalue weighted by Crippen LogP contribution is 2.35. The largest absolute Gasteiger partial charge is 0.361 e. The molecule has 4 aromatic rings. The minimum absolute atomic E-state index is 0.0388. The topological polar surface area (TPSA) is 57.8 Å². The molecule has 0 bridgehead atoms. The number of aromatic nitrogens is 2. The summed E-state index contributed by atoms with van der Waals surface area (Å²) in [5, 5.41) is 8.50. The number of aryl methyl sites for hydroxylation is 1. The van der Waals surface area contributed by atoms with E-state index in [0.29, 0.717) is 13.0 Å². The van der Waals surface area contributed by atoms with Crippen molar-refractivity contribution >= 4 is 28.1 Å². The lowest BCUT2D eigenvalue weighted by atomic mass is 9.89. The Labute approximate surface area is 175 Å². The van der Waals surface area contributed by atoms with Crippen molar-refractivity contribution in [1.82, 2.24) is 15.3 Å². The van der Waals surface area contributed by atoms with Crippen LogP contribution in [0.15, 0.2) is 65.6 Å². The van der Waals surface area contributed by atoms with E-state index in [9.17, 15) is 4.79 Å². The highest BCUT2D eigenvalue weighted by molar-refractivity contribution is 7.08. The molecule has 5 heteroatoms. The van der Waals surface area contributed by atoms with Gasteiger partial charge in [-0.2, -0.15) is 11.3 Å². The fourth-order valence-electron chi connectivity index (χ4n) is 3.84. The van der Waals surface area contributed by atoms with Gasteiger partial charge < -0.3 is 10.3 Å². The average Bonchev–Trinajstić information content (AvgIpc) is 3.43. The number of hydrogen-bond donors (Lipinski definition) is 2. The van der Waals surface area contributed by atoms with Gasteiger partial charge >= 0.3 is 0 Å². The normalized spacial score (nSPS) is 12.2. The van der Waals surface area contributed by atoms with E-state index in [-0.39, 0.29) is 11.8 Å². The van der Waals surface area contributed by atoms with E-state index in [2.05, 4.69) is 63.4 Å². The zero-order chi connectivity index (χ0) is 20.1. The number of thiophene rings is 1. The van der Waals surface area contributed by atoms with Crippen LogP contribution in [0.2, 0.25) is 0 Å². The number of carbonyl (C=O) groups is 1. The Balaban J connectivity index is 1.52. The molecule has 1 aromatic carbocycles. The Morgan fingerprint density at radius 3 is 2.90 bits per heavy atom. The molecule has 3 heterocycles. The number of aromatic amines is 1. The van der Waals surface area contributed by atoms with Crippen LogP contribution in [0.4, 0.5) is 0 Å². The molecule has 148 valence electrons. The predicted molar refractivity (Wildman–Crippen MR) is 119 cm³/mol. The van der Waals surface area contributed by atoms with Crippen molar-refractivity contribution in [3.8, 4) is 0 Å². The molecular weight excluding hydrogens is 378 g/mol. The number of fused-ring (bicyclic) bond motifs is 1. The molecule has 1 amide bonds. The highest BCUT2D eigenvalue weighted by atomic mass is 32.1. The zero-order valence-electron chi connectivity index (χ0n) is 16.5. The second-order valence-corrected chi connectivity index (χ2v) is 7.95. The van der Waals surface area contributed by atoms with Crippen LogP contribution in [-0.2, 0) is 17.6 Å². The lowest BCUT2D eigenvalue weighted by Crippen LogP contribution is -2.27. The summed E-state index contributed by atoms with van der Waals surface area (Å²) in [7, 11) is 0. The number of nitrogens with zero attached hydrogens (tertiary/aromatic N) is 1. The fraction of sp³-hybridized carbons (Fsp3) is 0.250. The van der Waals surface area contributed by atoms with E-state index < -0.39 is 0 Å². The van der Waals surface area contributed by atoms with Crippen molar-refractivity contribution in [2.75, 3.05) is 6.54 Å². The van der Waals surface area contributed by atoms with Crippen LogP contribution >= 0.6 is 11.3 Å². The Morgan fingerprint density at radius 1 is 1.21 bits per heavy atom. The summed E-state index contributed by atoms with van der Waals surface area (Å²) in [5.41, 5.74) is 5.86. The van der Waals surface area contributed by atoms with Gasteiger partial charge in [-0.3, -0.25) is 9.78 Å². The minimum Gasteiger partial charge on any atom is -0.361 e. The Hall–Kier alpha value is -2.92. The zero-order valence-corrected chi connectivity index (χ0v) is 17.3. The molecule has 2 N–H and O–H groups in total. The molecule has 3 aromatic heterocycles. The molecule has 0 aliphatic rings. The third kappa shape index (κ3) is 4.40. The lowest BCUT2D eigenvalue weighted by Gasteiger charge is -2.16. The van der Waals surface area contributed by atoms with E-state index >= 15 is 0 Å². The van der Waals surface area contributed by atoms with Gasteiger partial charge in [-0.05, 0) is 52.1 Å². The summed E-state index contributed by atoms with van der Waals surface area (Å²) in [6, 6.07) is 14.4. The van der Waals surface area contributed by atoms with Gasteiger partial charge in [0.2, 0.25) is 5.91 Å². The molecule has 0 saturated heterocycles. The number of carbonyl (C=O) groups excluding carboxylic acids is 1. The lowest BCUT2D eigenvalue weighted by molar-refractivity contribution is -0.121. The molecule has 0 radical (unpaired) electrons. The van der Waals surface area contributed by atoms with Crippen LogP contribution in [0.1, 0.15) is 41.6 Å². The Bertz CT molecular complexity index is 1070. The first kappa shape index (κ1) is 19.4. The maximum atomic E-state index is 12.8. The van der Waals surface area contributed by atoms with Crippen molar-refractivity contribution in [1.29, 1.82) is 0 Å². The van der Waals surface area contributed by atoms with Crippen molar-refractivity contribution in [3.05, 3.63) is 88.0 Å². The second kappa shape index (κ2) is 9.05. The van der Waals surface area contributed by atoms with Crippen molar-refractivity contribution < 1.29 is 4.79 Å². The minimum atomic E-state index is 0.0388. The number of rotatable bonds is 8. The van der Waals surface area contributed by atoms with Crippen molar-refractivity contribution in [2.24, 2.45) is 0 Å². The molecule has 1 unspecified atom stereocenters. The summed E-state index contributed by atoms with van der Waals surface area (Å²) in [5.74, 6) is 0.107. The van der Waals surface area contributed by atoms with Crippen LogP contribution in [0, 0.1) is 0 Å². The van der Waals surface area contributed by atoms with Crippen LogP contribution in [-0.4, -0.2) is 22.4 Å². The number of H-pyrrole nitrogens is 1. The second-order valence-electron chi connectivity index (χ2n) is 7.17. The smallest absolute Gasteiger partial charge is 0.220 e. The average molecular weight is 404 g/mol. The van der Waals surface area contributed by atoms with Crippen molar-refractivity contribution in [2.45, 2.75) is 32.1 Å². The van der Waals surface area contributed by atoms with Gasteiger partial charge in [0.05, 0.1) is 0 Å². The number of amides is 1. The van der Waals surface area contributed by atoms with E-state index in [1.54, 1.807) is 17.5 Å². The monoisotopic (exact) mass is 403 g/mol. The Morgan fingerprint density at radius 2 is 2.14 bits per heavy atom. The molecule has 29 heavy (non-hydrogen) atoms. The maximum Gasteiger partial charge on any atom is 0.220 e.